The molecule has 0 spiro atoms. The number of benzene rings is 1. The molecule has 1 aromatic rings. The number of halogens is 3. The molecule has 0 aromatic heterocycles. The molecular weight excluding hydrogens is 281 g/mol. The standard InChI is InChI=1S/C15H21F3N2O/c1-4-20(5-2)14(21)11(3)19-10-12-6-8-13(9-7-12)15(16,17)18/h6-9,11,19H,4-5,10H2,1-3H3. The van der Waals surface area contributed by atoms with E-state index in [0.29, 0.717) is 25.2 Å². The molecule has 0 bridgehead atoms. The maximum atomic E-state index is 12.4. The number of alkyl halides is 3. The van der Waals surface area contributed by atoms with Gasteiger partial charge in [-0.1, -0.05) is 12.1 Å². The third-order valence-electron chi connectivity index (χ3n) is 3.34. The Hall–Kier alpha value is -1.56. The molecule has 0 aliphatic rings. The van der Waals surface area contributed by atoms with Gasteiger partial charge in [-0.2, -0.15) is 13.2 Å². The predicted molar refractivity (Wildman–Crippen MR) is 75.7 cm³/mol. The highest BCUT2D eigenvalue weighted by molar-refractivity contribution is 5.81. The topological polar surface area (TPSA) is 32.3 Å². The average Bonchev–Trinajstić information content (AvgIpc) is 2.45. The summed E-state index contributed by atoms with van der Waals surface area (Å²) < 4.78 is 37.3. The van der Waals surface area contributed by atoms with Crippen LogP contribution in [-0.2, 0) is 17.5 Å². The summed E-state index contributed by atoms with van der Waals surface area (Å²) in [5.74, 6) is -0.00749. The molecule has 0 saturated carbocycles. The fourth-order valence-corrected chi connectivity index (χ4v) is 1.98. The van der Waals surface area contributed by atoms with Gasteiger partial charge in [0.1, 0.15) is 0 Å². The van der Waals surface area contributed by atoms with Crippen LogP contribution in [0.4, 0.5) is 13.2 Å². The molecule has 0 heterocycles. The predicted octanol–water partition coefficient (Wildman–Crippen LogP) is 3.05. The van der Waals surface area contributed by atoms with Crippen LogP contribution < -0.4 is 5.32 Å². The lowest BCUT2D eigenvalue weighted by molar-refractivity contribution is -0.137. The van der Waals surface area contributed by atoms with Gasteiger partial charge < -0.3 is 10.2 Å². The van der Waals surface area contributed by atoms with Crippen LogP contribution in [0.15, 0.2) is 24.3 Å². The lowest BCUT2D eigenvalue weighted by Gasteiger charge is -2.23. The van der Waals surface area contributed by atoms with E-state index in [0.717, 1.165) is 12.1 Å². The summed E-state index contributed by atoms with van der Waals surface area (Å²) in [6.07, 6.45) is -4.32. The van der Waals surface area contributed by atoms with Crippen molar-refractivity contribution in [2.75, 3.05) is 13.1 Å². The SMILES string of the molecule is CCN(CC)C(=O)C(C)NCc1ccc(C(F)(F)F)cc1. The molecule has 1 aromatic carbocycles. The van der Waals surface area contributed by atoms with Gasteiger partial charge in [0, 0.05) is 19.6 Å². The molecule has 1 amide bonds. The number of nitrogens with one attached hydrogen (secondary N) is 1. The zero-order valence-electron chi connectivity index (χ0n) is 12.5. The van der Waals surface area contributed by atoms with Gasteiger partial charge in [-0.15, -0.1) is 0 Å². The highest BCUT2D eigenvalue weighted by atomic mass is 19.4. The Balaban J connectivity index is 2.57. The Bertz CT molecular complexity index is 453. The summed E-state index contributed by atoms with van der Waals surface area (Å²) in [6, 6.07) is 4.57. The average molecular weight is 302 g/mol. The van der Waals surface area contributed by atoms with E-state index in [1.807, 2.05) is 13.8 Å². The lowest BCUT2D eigenvalue weighted by atomic mass is 10.1. The molecule has 1 N–H and O–H groups in total. The molecule has 6 heteroatoms. The normalized spacial score (nSPS) is 13.0. The van der Waals surface area contributed by atoms with Crippen LogP contribution in [0.3, 0.4) is 0 Å². The maximum Gasteiger partial charge on any atom is 0.416 e. The molecule has 1 unspecified atom stereocenters. The first-order valence-electron chi connectivity index (χ1n) is 6.97. The van der Waals surface area contributed by atoms with E-state index in [1.54, 1.807) is 11.8 Å². The van der Waals surface area contributed by atoms with Crippen molar-refractivity contribution in [3.8, 4) is 0 Å². The number of hydrogen-bond acceptors (Lipinski definition) is 2. The van der Waals surface area contributed by atoms with E-state index in [4.69, 9.17) is 0 Å². The van der Waals surface area contributed by atoms with Gasteiger partial charge in [0.05, 0.1) is 11.6 Å². The van der Waals surface area contributed by atoms with Crippen molar-refractivity contribution < 1.29 is 18.0 Å². The number of carbonyl (C=O) groups excluding carboxylic acids is 1. The zero-order valence-corrected chi connectivity index (χ0v) is 12.5. The van der Waals surface area contributed by atoms with Gasteiger partial charge in [-0.05, 0) is 38.5 Å². The molecule has 0 saturated heterocycles. The summed E-state index contributed by atoms with van der Waals surface area (Å²) in [5.41, 5.74) is 0.0423. The molecule has 1 rings (SSSR count). The van der Waals surface area contributed by atoms with Crippen molar-refractivity contribution in [1.82, 2.24) is 10.2 Å². The van der Waals surface area contributed by atoms with Crippen LogP contribution >= 0.6 is 0 Å². The number of carbonyl (C=O) groups is 1. The van der Waals surface area contributed by atoms with Crippen LogP contribution in [-0.4, -0.2) is 29.9 Å². The van der Waals surface area contributed by atoms with Crippen LogP contribution in [0.2, 0.25) is 0 Å². The third kappa shape index (κ3) is 5.04. The summed E-state index contributed by atoms with van der Waals surface area (Å²) in [5, 5.41) is 3.03. The minimum absolute atomic E-state index is 0.00749. The molecule has 0 aliphatic heterocycles. The highest BCUT2D eigenvalue weighted by Crippen LogP contribution is 2.29. The number of likely N-dealkylation sites (N-methyl/N-ethyl adjacent to an activating group) is 1. The highest BCUT2D eigenvalue weighted by Gasteiger charge is 2.29. The van der Waals surface area contributed by atoms with Gasteiger partial charge in [-0.3, -0.25) is 4.79 Å². The van der Waals surface area contributed by atoms with Crippen molar-refractivity contribution in [3.63, 3.8) is 0 Å². The van der Waals surface area contributed by atoms with Gasteiger partial charge in [0.15, 0.2) is 0 Å². The first-order chi connectivity index (χ1) is 9.79. The minimum Gasteiger partial charge on any atom is -0.342 e. The van der Waals surface area contributed by atoms with Crippen LogP contribution in [0, 0.1) is 0 Å². The molecule has 1 atom stereocenters. The van der Waals surface area contributed by atoms with Gasteiger partial charge in [0.25, 0.3) is 0 Å². The van der Waals surface area contributed by atoms with E-state index in [2.05, 4.69) is 5.32 Å². The van der Waals surface area contributed by atoms with Gasteiger partial charge in [0.2, 0.25) is 5.91 Å². The Labute approximate surface area is 123 Å². The van der Waals surface area contributed by atoms with Crippen molar-refractivity contribution in [2.45, 2.75) is 39.5 Å². The first kappa shape index (κ1) is 17.5. The van der Waals surface area contributed by atoms with Crippen molar-refractivity contribution in [1.29, 1.82) is 0 Å². The van der Waals surface area contributed by atoms with Crippen molar-refractivity contribution in [3.05, 3.63) is 35.4 Å². The van der Waals surface area contributed by atoms with Crippen molar-refractivity contribution in [2.24, 2.45) is 0 Å². The Kier molecular flexibility index (Phi) is 6.20. The monoisotopic (exact) mass is 302 g/mol. The van der Waals surface area contributed by atoms with Crippen LogP contribution in [0.5, 0.6) is 0 Å². The van der Waals surface area contributed by atoms with E-state index < -0.39 is 11.7 Å². The largest absolute Gasteiger partial charge is 0.416 e. The van der Waals surface area contributed by atoms with Gasteiger partial charge in [-0.25, -0.2) is 0 Å². The fraction of sp³-hybridized carbons (Fsp3) is 0.533. The molecule has 0 radical (unpaired) electrons. The molecule has 0 fully saturated rings. The second-order valence-corrected chi connectivity index (χ2v) is 4.81. The van der Waals surface area contributed by atoms with E-state index in [-0.39, 0.29) is 11.9 Å². The first-order valence-corrected chi connectivity index (χ1v) is 6.97. The molecule has 0 aliphatic carbocycles. The van der Waals surface area contributed by atoms with E-state index >= 15 is 0 Å². The van der Waals surface area contributed by atoms with Gasteiger partial charge >= 0.3 is 6.18 Å². The second kappa shape index (κ2) is 7.45. The second-order valence-electron chi connectivity index (χ2n) is 4.81. The smallest absolute Gasteiger partial charge is 0.342 e. The van der Waals surface area contributed by atoms with Crippen molar-refractivity contribution >= 4 is 5.91 Å². The zero-order chi connectivity index (χ0) is 16.0. The fourth-order valence-electron chi connectivity index (χ4n) is 1.98. The Morgan fingerprint density at radius 3 is 2.14 bits per heavy atom. The minimum atomic E-state index is -4.32. The Morgan fingerprint density at radius 2 is 1.71 bits per heavy atom. The number of nitrogens with zero attached hydrogens (tertiary/aromatic N) is 1. The summed E-state index contributed by atoms with van der Waals surface area (Å²) >= 11 is 0. The molecule has 3 nitrogen and oxygen atoms in total. The number of hydrogen-bond donors (Lipinski definition) is 1. The summed E-state index contributed by atoms with van der Waals surface area (Å²) in [7, 11) is 0. The van der Waals surface area contributed by atoms with E-state index in [9.17, 15) is 18.0 Å². The number of rotatable bonds is 6. The maximum absolute atomic E-state index is 12.4. The lowest BCUT2D eigenvalue weighted by Crippen LogP contribution is -2.44. The quantitative estimate of drug-likeness (QED) is 0.876. The van der Waals surface area contributed by atoms with Crippen LogP contribution in [0.1, 0.15) is 31.9 Å². The van der Waals surface area contributed by atoms with Crippen LogP contribution in [0.25, 0.3) is 0 Å². The number of amides is 1. The summed E-state index contributed by atoms with van der Waals surface area (Å²) in [6.45, 7) is 7.20. The Morgan fingerprint density at radius 1 is 1.19 bits per heavy atom. The summed E-state index contributed by atoms with van der Waals surface area (Å²) in [4.78, 5) is 13.7. The third-order valence-corrected chi connectivity index (χ3v) is 3.34. The van der Waals surface area contributed by atoms with E-state index in [1.165, 1.54) is 12.1 Å². The molecule has 118 valence electrons. The molecule has 21 heavy (non-hydrogen) atoms. The molecular formula is C15H21F3N2O.